The summed E-state index contributed by atoms with van der Waals surface area (Å²) < 4.78 is 93.1. The van der Waals surface area contributed by atoms with E-state index < -0.39 is 134 Å². The second-order valence-corrected chi connectivity index (χ2v) is 27.4. The molecule has 0 aliphatic rings. The van der Waals surface area contributed by atoms with E-state index in [2.05, 4.69) is 65.8 Å². The number of rotatable bonds is 37. The van der Waals surface area contributed by atoms with E-state index in [1.54, 1.807) is 33.6 Å². The van der Waals surface area contributed by atoms with E-state index in [1.165, 1.54) is 43.3 Å². The van der Waals surface area contributed by atoms with Gasteiger partial charge in [0.15, 0.2) is 10.9 Å². The number of ketones is 2. The molecule has 2 unspecified atom stereocenters. The Morgan fingerprint density at radius 3 is 1.29 bits per heavy atom. The summed E-state index contributed by atoms with van der Waals surface area (Å²) in [7, 11) is -7.86. The van der Waals surface area contributed by atoms with Crippen molar-refractivity contribution in [1.82, 2.24) is 56.8 Å². The van der Waals surface area contributed by atoms with Crippen LogP contribution in [0.3, 0.4) is 0 Å². The number of amides is 6. The van der Waals surface area contributed by atoms with Crippen LogP contribution in [0.4, 0.5) is 0 Å². The fraction of sp³-hybridized carbons (Fsp3) is 0.350. The molecular weight excluding hydrogens is 1610 g/mol. The molecule has 6 aromatic rings. The number of carbonyl (C=O) groups is 9. The zero-order valence-electron chi connectivity index (χ0n) is 55.8. The third-order valence-electron chi connectivity index (χ3n) is 13.2. The Morgan fingerprint density at radius 2 is 0.922 bits per heavy atom. The minimum atomic E-state index is -5.94. The van der Waals surface area contributed by atoms with Gasteiger partial charge in [0.1, 0.15) is 17.9 Å². The van der Waals surface area contributed by atoms with Gasteiger partial charge in [-0.3, -0.25) is 28.8 Å². The maximum atomic E-state index is 13.6. The van der Waals surface area contributed by atoms with Crippen molar-refractivity contribution in [1.29, 1.82) is 0 Å². The Kier molecular flexibility index (Phi) is 42.3. The summed E-state index contributed by atoms with van der Waals surface area (Å²) in [5.74, 6) is -5.40. The number of nitrogens with one attached hydrogen (secondary N) is 7. The number of Topliss-reactive ketones (excluding diaryl/α,β-unsaturated/α-hetero) is 2. The van der Waals surface area contributed by atoms with Crippen LogP contribution in [0.1, 0.15) is 41.5 Å². The summed E-state index contributed by atoms with van der Waals surface area (Å²) >= 11 is 0.299. The van der Waals surface area contributed by atoms with Crippen LogP contribution >= 0.6 is 11.8 Å². The number of aliphatic hydroxyl groups excluding tert-OH is 2. The van der Waals surface area contributed by atoms with Crippen molar-refractivity contribution in [3.8, 4) is 33.9 Å². The number of benzene rings is 4. The van der Waals surface area contributed by atoms with Gasteiger partial charge in [0.05, 0.1) is 82.5 Å². The standard InChI is InChI=1S/C31H40N8O8S2.C29H38N8O7S2.Na.5O.2Tc/c1-20-3-5-22(6-4-20)26-15-25(38-39(26)23-7-9-24(10-8-23)49(32,46)47)31(34-12-11-33-13-14-40)27(42)16-35-28(43)17-36-29(44)18-37-30(45)19-48-21(2)41;1-19-2-4-20(5-3-19)24-14-23(36-37(24)21-6-8-22(9-7-21)46(30,43)44)29(32-11-10-31-12-13-38)25(39)15-33-26(40)16-34-27(41)17-35-28(42)18-45;;;;;;;;/h3-10,15,31,33-34,40H,11-14,16-19H2,1-2H3,(H,35,43)(H,36,44)(H,37,45)(H2,32,46,47);2-9,14,29,31-32,38H,10-13,15-18H2,1H3,(H6,30,33,34,35,40,41,42,43,44,45);;;;;;;;/q;;+1;;;;;-1;+4;/p-4/i;;;;;;;;1+1;. The molecular formula is C60H74N16NaO20S4Tc2. The van der Waals surface area contributed by atoms with Crippen LogP contribution in [-0.2, 0) is 124 Å². The number of nitrogens with two attached hydrogens (primary N) is 2. The van der Waals surface area contributed by atoms with Gasteiger partial charge in [-0.05, 0) is 74.5 Å². The number of thioether (sulfide) groups is 1. The van der Waals surface area contributed by atoms with Gasteiger partial charge in [0.25, 0.3) is 0 Å². The second kappa shape index (κ2) is 47.3. The first-order chi connectivity index (χ1) is 48.2. The van der Waals surface area contributed by atoms with E-state index in [9.17, 15) is 60.0 Å². The van der Waals surface area contributed by atoms with E-state index in [0.29, 0.717) is 66.9 Å². The van der Waals surface area contributed by atoms with Crippen molar-refractivity contribution in [3.63, 3.8) is 0 Å². The van der Waals surface area contributed by atoms with Crippen molar-refractivity contribution in [2.24, 2.45) is 10.3 Å². The molecule has 553 valence electrons. The molecule has 2 aromatic heterocycles. The third kappa shape index (κ3) is 35.5. The topological polar surface area (TPSA) is 568 Å². The van der Waals surface area contributed by atoms with Gasteiger partial charge in [0, 0.05) is 75.0 Å². The van der Waals surface area contributed by atoms with Crippen LogP contribution < -0.4 is 80.9 Å². The summed E-state index contributed by atoms with van der Waals surface area (Å²) in [6, 6.07) is 28.2. The number of aromatic nitrogens is 4. The summed E-state index contributed by atoms with van der Waals surface area (Å²) in [5.41, 5.74) is 6.41. The summed E-state index contributed by atoms with van der Waals surface area (Å²) in [4.78, 5) is 109. The van der Waals surface area contributed by atoms with Crippen molar-refractivity contribution in [2.45, 2.75) is 42.6 Å². The Hall–Kier alpha value is -7.13. The summed E-state index contributed by atoms with van der Waals surface area (Å²) in [5, 5.41) is 68.0. The van der Waals surface area contributed by atoms with Crippen molar-refractivity contribution in [2.75, 3.05) is 103 Å². The number of aryl methyl sites for hydroxylation is 2. The fourth-order valence-electron chi connectivity index (χ4n) is 8.38. The first kappa shape index (κ1) is 92.0. The monoisotopic (exact) mass is 1690 g/mol. The van der Waals surface area contributed by atoms with Gasteiger partial charge in [-0.1, -0.05) is 91.1 Å². The molecule has 0 radical (unpaired) electrons. The van der Waals surface area contributed by atoms with Crippen molar-refractivity contribution < 1.29 is 152 Å². The number of primary sulfonamides is 2. The number of carbonyl (C=O) groups excluding carboxylic acids is 9. The molecule has 2 heterocycles. The van der Waals surface area contributed by atoms with Crippen LogP contribution in [0.15, 0.2) is 119 Å². The van der Waals surface area contributed by atoms with Crippen molar-refractivity contribution >= 4 is 96.6 Å². The van der Waals surface area contributed by atoms with Crippen LogP contribution in [-0.4, -0.2) is 202 Å². The third-order valence-corrected chi connectivity index (χ3v) is 16.1. The number of aliphatic hydroxyl groups is 2. The average molecular weight is 1690 g/mol. The molecule has 0 bridgehead atoms. The molecule has 0 saturated heterocycles. The van der Waals surface area contributed by atoms with E-state index in [-0.39, 0.29) is 75.7 Å². The molecule has 0 aliphatic heterocycles. The van der Waals surface area contributed by atoms with Gasteiger partial charge < -0.3 is 90.4 Å². The molecule has 6 amide bonds. The number of nitrogens with zero attached hydrogens (tertiary/aromatic N) is 7. The first-order valence-electron chi connectivity index (χ1n) is 29.9. The van der Waals surface area contributed by atoms with Crippen LogP contribution in [0.5, 0.6) is 0 Å². The molecule has 2 atom stereocenters. The number of hydrogen-bond acceptors (Lipinski definition) is 28. The van der Waals surface area contributed by atoms with Gasteiger partial charge >= 0.3 is 81.8 Å². The molecule has 0 aliphatic carbocycles. The quantitative estimate of drug-likeness (QED) is 0.00986. The second-order valence-electron chi connectivity index (χ2n) is 21.0. The Morgan fingerprint density at radius 1 is 0.563 bits per heavy atom. The van der Waals surface area contributed by atoms with Gasteiger partial charge in [0.2, 0.25) is 37.8 Å². The van der Waals surface area contributed by atoms with Gasteiger partial charge in [-0.25, -0.2) is 36.5 Å². The first-order valence-corrected chi connectivity index (χ1v) is 38.3. The molecule has 6 rings (SSSR count). The summed E-state index contributed by atoms with van der Waals surface area (Å²) in [6.45, 7) is 4.22. The molecule has 0 saturated carbocycles. The number of hydrogen-bond donors (Lipinski definition) is 11. The summed E-state index contributed by atoms with van der Waals surface area (Å²) in [6.07, 6.45) is 0. The molecule has 4 aromatic carbocycles. The van der Waals surface area contributed by atoms with Crippen LogP contribution in [0.2, 0.25) is 0 Å². The molecule has 36 nitrogen and oxygen atoms in total. The van der Waals surface area contributed by atoms with Crippen LogP contribution in [0, 0.1) is 13.8 Å². The zero-order chi connectivity index (χ0) is 76.2. The fourth-order valence-corrected chi connectivity index (χ4v) is 9.94. The van der Waals surface area contributed by atoms with Crippen molar-refractivity contribution in [3.05, 3.63) is 148 Å². The Labute approximate surface area is 637 Å². The van der Waals surface area contributed by atoms with E-state index in [0.717, 1.165) is 52.9 Å². The van der Waals surface area contributed by atoms with E-state index in [1.807, 2.05) is 62.4 Å². The SMILES string of the molecule is CC(=O)SCC(=O)NCC(=O)NCC(=O)NCC(=O)C(NCCNCCO)c1cc(-c2ccc(C)cc2)n(-c2ccc(S(N)(=O)=O)cc2)n1.Cc1ccc(-c2cc(C(NCCNCCO)C(=O)C[N-]C(=O)C[N-]C(=O)C[N-]C(=O)C[S-])nn2-c2ccc(S(N)(=O)=O)cc2)cc1.[Na+].[O]=[99Tc+4].[O]=[Tc](=[O])(=[O])[O-]. The Balaban J connectivity index is 0.000000637. The van der Waals surface area contributed by atoms with Crippen LogP contribution in [0.25, 0.3) is 49.8 Å². The normalized spacial score (nSPS) is 11.6. The van der Waals surface area contributed by atoms with E-state index >= 15 is 0 Å². The minimum absolute atomic E-state index is 0. The van der Waals surface area contributed by atoms with E-state index in [4.69, 9.17) is 48.6 Å². The molecule has 43 heteroatoms. The molecule has 103 heavy (non-hydrogen) atoms. The molecule has 0 fully saturated rings. The molecule has 0 spiro atoms. The Bertz CT molecular complexity index is 4220. The predicted molar refractivity (Wildman–Crippen MR) is 358 cm³/mol. The zero-order valence-corrected chi connectivity index (χ0v) is 64.8. The predicted octanol–water partition coefficient (Wildman–Crippen LogP) is -5.24. The molecule has 13 N–H and O–H groups in total. The maximum absolute atomic E-state index is 13.6. The average Bonchev–Trinajstić information content (AvgIpc) is 1.66. The number of sulfonamides is 2. The van der Waals surface area contributed by atoms with Gasteiger partial charge in [-0.15, -0.1) is 5.75 Å². The van der Waals surface area contributed by atoms with Gasteiger partial charge in [-0.2, -0.15) is 10.2 Å².